The molecule has 0 radical (unpaired) electrons. The van der Waals surface area contributed by atoms with Gasteiger partial charge in [0.25, 0.3) is 25.8 Å². The minimum absolute atomic E-state index is 0.00665. The lowest BCUT2D eigenvalue weighted by molar-refractivity contribution is -0.0436. The van der Waals surface area contributed by atoms with E-state index in [0.717, 1.165) is 39.4 Å². The highest BCUT2D eigenvalue weighted by Crippen LogP contribution is 2.39. The van der Waals surface area contributed by atoms with Gasteiger partial charge in [0.2, 0.25) is 0 Å². The van der Waals surface area contributed by atoms with Crippen LogP contribution in [0.1, 0.15) is 62.1 Å². The summed E-state index contributed by atoms with van der Waals surface area (Å²) < 4.78 is 103. The molecule has 1 saturated heterocycles. The molecule has 12 nitrogen and oxygen atoms in total. The maximum atomic E-state index is 14.1. The van der Waals surface area contributed by atoms with E-state index in [-0.39, 0.29) is 30.2 Å². The fourth-order valence-electron chi connectivity index (χ4n) is 7.37. The smallest absolute Gasteiger partial charge is 0.444 e. The van der Waals surface area contributed by atoms with Crippen LogP contribution in [0.5, 0.6) is 0 Å². The van der Waals surface area contributed by atoms with E-state index < -0.39 is 70.6 Å². The Bertz CT molecular complexity index is 2700. The normalized spacial score (nSPS) is 14.8. The minimum Gasteiger partial charge on any atom is -0.444 e. The van der Waals surface area contributed by atoms with E-state index in [1.807, 2.05) is 53.3 Å². The quantitative estimate of drug-likeness (QED) is 0.0694. The number of anilines is 2. The Kier molecular flexibility index (Phi) is 16.1. The van der Waals surface area contributed by atoms with Crippen molar-refractivity contribution in [3.05, 3.63) is 137 Å². The molecule has 5 aromatic carbocycles. The number of aliphatic hydroxyl groups excluding tert-OH is 1. The van der Waals surface area contributed by atoms with Crippen LogP contribution < -0.4 is 20.3 Å². The number of piperidine rings is 1. The van der Waals surface area contributed by atoms with Gasteiger partial charge in [-0.1, -0.05) is 66.2 Å². The molecule has 1 fully saturated rings. The number of ether oxygens (including phenoxy) is 1. The van der Waals surface area contributed by atoms with Gasteiger partial charge in [-0.15, -0.1) is 11.8 Å². The molecule has 0 bridgehead atoms. The number of amides is 2. The van der Waals surface area contributed by atoms with Crippen LogP contribution >= 0.6 is 23.4 Å². The molecule has 0 unspecified atom stereocenters. The predicted molar refractivity (Wildman–Crippen MR) is 251 cm³/mol. The highest BCUT2D eigenvalue weighted by Gasteiger charge is 2.48. The molecule has 0 aromatic heterocycles. The molecule has 1 aliphatic heterocycles. The number of carbonyl (C=O) groups excluding carboxylic acids is 2. The third kappa shape index (κ3) is 13.0. The number of alkyl halides is 3. The van der Waals surface area contributed by atoms with Gasteiger partial charge in [-0.05, 0) is 129 Å². The van der Waals surface area contributed by atoms with Gasteiger partial charge in [-0.2, -0.15) is 13.2 Å². The Morgan fingerprint density at radius 1 is 0.864 bits per heavy atom. The van der Waals surface area contributed by atoms with Crippen LogP contribution in [-0.2, 0) is 24.6 Å². The van der Waals surface area contributed by atoms with Crippen molar-refractivity contribution in [1.82, 2.24) is 10.0 Å². The van der Waals surface area contributed by atoms with Crippen molar-refractivity contribution >= 4 is 66.6 Å². The van der Waals surface area contributed by atoms with Crippen LogP contribution in [0.2, 0.25) is 5.02 Å². The first kappa shape index (κ1) is 50.1. The van der Waals surface area contributed by atoms with Crippen LogP contribution in [0.25, 0.3) is 11.1 Å². The van der Waals surface area contributed by atoms with Gasteiger partial charge in [-0.25, -0.2) is 26.4 Å². The average Bonchev–Trinajstić information content (AvgIpc) is 3.27. The van der Waals surface area contributed by atoms with Crippen molar-refractivity contribution in [2.75, 3.05) is 35.6 Å². The Morgan fingerprint density at radius 3 is 2.14 bits per heavy atom. The first-order chi connectivity index (χ1) is 31.1. The first-order valence-electron chi connectivity index (χ1n) is 20.9. The maximum Gasteiger partial charge on any atom is 0.501 e. The monoisotopic (exact) mass is 986 g/mol. The molecule has 2 atom stereocenters. The van der Waals surface area contributed by atoms with Gasteiger partial charge in [-0.3, -0.25) is 4.79 Å². The molecule has 4 N–H and O–H groups in total. The summed E-state index contributed by atoms with van der Waals surface area (Å²) in [5.74, 6) is -0.932. The number of carbonyl (C=O) groups is 2. The molecule has 0 aliphatic carbocycles. The summed E-state index contributed by atoms with van der Waals surface area (Å²) in [4.78, 5) is 26.2. The number of sulfonamides is 1. The van der Waals surface area contributed by atoms with E-state index in [4.69, 9.17) is 16.3 Å². The molecule has 19 heteroatoms. The molecule has 352 valence electrons. The fraction of sp³-hybridized carbons (Fsp3) is 0.319. The van der Waals surface area contributed by atoms with E-state index in [1.165, 1.54) is 23.9 Å². The lowest BCUT2D eigenvalue weighted by atomic mass is 9.84. The number of aliphatic hydroxyl groups is 1. The van der Waals surface area contributed by atoms with E-state index >= 15 is 0 Å². The van der Waals surface area contributed by atoms with Gasteiger partial charge >= 0.3 is 11.6 Å². The number of halogens is 4. The van der Waals surface area contributed by atoms with Crippen molar-refractivity contribution in [3.8, 4) is 11.1 Å². The van der Waals surface area contributed by atoms with Crippen LogP contribution in [0, 0.1) is 5.92 Å². The van der Waals surface area contributed by atoms with Crippen molar-refractivity contribution < 1.29 is 49.4 Å². The van der Waals surface area contributed by atoms with Crippen LogP contribution in [-0.4, -0.2) is 76.5 Å². The number of hydrogen-bond donors (Lipinski definition) is 4. The topological polar surface area (TPSA) is 171 Å². The lowest BCUT2D eigenvalue weighted by Crippen LogP contribution is -2.36. The number of thioether (sulfide) groups is 1. The molecule has 0 spiro atoms. The molecule has 0 saturated carbocycles. The van der Waals surface area contributed by atoms with Crippen LogP contribution in [0.3, 0.4) is 0 Å². The van der Waals surface area contributed by atoms with Gasteiger partial charge < -0.3 is 25.4 Å². The van der Waals surface area contributed by atoms with Crippen molar-refractivity contribution in [3.63, 3.8) is 0 Å². The Hall–Kier alpha value is -5.27. The van der Waals surface area contributed by atoms with E-state index in [1.54, 1.807) is 63.2 Å². The van der Waals surface area contributed by atoms with Gasteiger partial charge in [0, 0.05) is 52.6 Å². The van der Waals surface area contributed by atoms with Crippen molar-refractivity contribution in [1.29, 1.82) is 0 Å². The van der Waals surface area contributed by atoms with Crippen LogP contribution in [0.4, 0.5) is 29.3 Å². The van der Waals surface area contributed by atoms with Gasteiger partial charge in [0.1, 0.15) is 10.5 Å². The Labute approximate surface area is 392 Å². The summed E-state index contributed by atoms with van der Waals surface area (Å²) in [7, 11) is -11.1. The third-order valence-electron chi connectivity index (χ3n) is 10.7. The number of nitrogens with one attached hydrogen (secondary N) is 3. The highest BCUT2D eigenvalue weighted by molar-refractivity contribution is 7.99. The summed E-state index contributed by atoms with van der Waals surface area (Å²) in [6, 6.07) is 31.6. The fourth-order valence-corrected chi connectivity index (χ4v) is 10.5. The summed E-state index contributed by atoms with van der Waals surface area (Å²) in [5.41, 5.74) is -3.80. The molecule has 6 rings (SSSR count). The first-order valence-corrected chi connectivity index (χ1v) is 25.3. The second-order valence-electron chi connectivity index (χ2n) is 16.6. The third-order valence-corrected chi connectivity index (χ3v) is 15.0. The molecular weight excluding hydrogens is 937 g/mol. The zero-order valence-electron chi connectivity index (χ0n) is 36.2. The zero-order valence-corrected chi connectivity index (χ0v) is 39.4. The molecule has 2 amide bonds. The second kappa shape index (κ2) is 21.1. The SMILES string of the molecule is CC(C)(C)OC(=O)NCC[C@H](CSc1ccccc1)Nc1ccc(S(=O)(=O)NC(=O)c2ccc(N3CCC([C@H](O)c4ccccc4-c4ccc(Cl)cc4)CC3)cc2)cc1S(=O)(=O)C(F)(F)F. The minimum atomic E-state index is -6.15. The number of hydrogen-bond acceptors (Lipinski definition) is 11. The van der Waals surface area contributed by atoms with E-state index in [9.17, 15) is 44.7 Å². The molecule has 66 heavy (non-hydrogen) atoms. The predicted octanol–water partition coefficient (Wildman–Crippen LogP) is 9.86. The molecule has 1 aliphatic rings. The Balaban J connectivity index is 1.14. The zero-order chi connectivity index (χ0) is 47.9. The average molecular weight is 988 g/mol. The lowest BCUT2D eigenvalue weighted by Gasteiger charge is -2.36. The number of benzene rings is 5. The molecule has 5 aromatic rings. The summed E-state index contributed by atoms with van der Waals surface area (Å²) in [6.45, 7) is 6.20. The second-order valence-corrected chi connectivity index (χ2v) is 21.8. The van der Waals surface area contributed by atoms with Crippen molar-refractivity contribution in [2.24, 2.45) is 5.92 Å². The highest BCUT2D eigenvalue weighted by atomic mass is 35.5. The summed E-state index contributed by atoms with van der Waals surface area (Å²) in [5, 5.41) is 17.5. The number of nitrogens with zero attached hydrogens (tertiary/aromatic N) is 1. The van der Waals surface area contributed by atoms with E-state index in [0.29, 0.717) is 37.0 Å². The standard InChI is InChI=1S/C47H50ClF3N4O8S3/c1-46(2,3)63-45(58)52-26-23-35(30-64-37-9-5-4-6-10-37)53-41-22-21-38(29-42(41)65(59,60)47(49,50)51)66(61,62)54-44(57)33-15-19-36(20-16-33)55-27-24-32(25-28-55)43(56)40-12-8-7-11-39(40)31-13-17-34(48)18-14-31/h4-22,29,32,35,43,53,56H,23-28,30H2,1-3H3,(H,52,58)(H,54,57)/t35-,43+/m1/s1. The van der Waals surface area contributed by atoms with Gasteiger partial charge in [0.05, 0.1) is 16.7 Å². The van der Waals surface area contributed by atoms with Gasteiger partial charge in [0.15, 0.2) is 0 Å². The maximum absolute atomic E-state index is 14.1. The number of alkyl carbamates (subject to hydrolysis) is 1. The van der Waals surface area contributed by atoms with Crippen LogP contribution in [0.15, 0.2) is 136 Å². The number of rotatable bonds is 16. The van der Waals surface area contributed by atoms with E-state index in [2.05, 4.69) is 15.5 Å². The summed E-state index contributed by atoms with van der Waals surface area (Å²) in [6.07, 6.45) is -0.0241. The number of sulfone groups is 1. The largest absolute Gasteiger partial charge is 0.501 e. The molecule has 1 heterocycles. The Morgan fingerprint density at radius 2 is 1.50 bits per heavy atom. The molecular formula is C47H50ClF3N4O8S3. The summed E-state index contributed by atoms with van der Waals surface area (Å²) >= 11 is 7.41. The van der Waals surface area contributed by atoms with Crippen molar-refractivity contribution in [2.45, 2.75) is 78.0 Å².